The van der Waals surface area contributed by atoms with Gasteiger partial charge in [0.05, 0.1) is 5.56 Å². The number of nitrogens with zero attached hydrogens (tertiary/aromatic N) is 2. The van der Waals surface area contributed by atoms with E-state index in [4.69, 9.17) is 5.11 Å². The molecular formula is C7H11N3O2+2. The molecule has 12 heavy (non-hydrogen) atoms. The Morgan fingerprint density at radius 3 is 2.92 bits per heavy atom. The summed E-state index contributed by atoms with van der Waals surface area (Å²) < 4.78 is 1.65. The fraction of sp³-hybridized carbons (Fsp3) is 0.286. The maximum absolute atomic E-state index is 10.4. The van der Waals surface area contributed by atoms with Crippen molar-refractivity contribution in [3.05, 3.63) is 24.0 Å². The SMILES string of the molecule is [NH3+]CC[n+]1ccc(C(=O)O)cn1. The van der Waals surface area contributed by atoms with Crippen molar-refractivity contribution < 1.29 is 20.3 Å². The second kappa shape index (κ2) is 3.77. The number of aromatic carboxylic acids is 1. The van der Waals surface area contributed by atoms with Gasteiger partial charge in [0.1, 0.15) is 12.7 Å². The van der Waals surface area contributed by atoms with E-state index in [2.05, 4.69) is 10.8 Å². The van der Waals surface area contributed by atoms with Gasteiger partial charge in [-0.15, -0.1) is 0 Å². The summed E-state index contributed by atoms with van der Waals surface area (Å²) in [5.41, 5.74) is 3.87. The van der Waals surface area contributed by atoms with Gasteiger partial charge in [-0.1, -0.05) is 4.68 Å². The second-order valence-electron chi connectivity index (χ2n) is 2.34. The second-order valence-corrected chi connectivity index (χ2v) is 2.34. The van der Waals surface area contributed by atoms with E-state index in [0.717, 1.165) is 6.54 Å². The van der Waals surface area contributed by atoms with E-state index in [1.165, 1.54) is 12.3 Å². The number of aromatic nitrogens is 2. The molecule has 0 bridgehead atoms. The molecule has 0 aromatic carbocycles. The summed E-state index contributed by atoms with van der Waals surface area (Å²) in [5, 5.41) is 12.4. The monoisotopic (exact) mass is 169 g/mol. The number of carboxylic acids is 1. The Morgan fingerprint density at radius 2 is 2.50 bits per heavy atom. The number of hydrogen-bond donors (Lipinski definition) is 2. The van der Waals surface area contributed by atoms with Gasteiger partial charge in [0, 0.05) is 6.07 Å². The molecular weight excluding hydrogens is 158 g/mol. The minimum atomic E-state index is -0.954. The normalized spacial score (nSPS) is 9.75. The first kappa shape index (κ1) is 8.61. The van der Waals surface area contributed by atoms with Crippen molar-refractivity contribution in [2.45, 2.75) is 6.54 Å². The molecule has 0 amide bonds. The van der Waals surface area contributed by atoms with Crippen molar-refractivity contribution in [1.82, 2.24) is 5.10 Å². The van der Waals surface area contributed by atoms with Crippen molar-refractivity contribution in [1.29, 1.82) is 0 Å². The van der Waals surface area contributed by atoms with Gasteiger partial charge in [0.25, 0.3) is 0 Å². The minimum absolute atomic E-state index is 0.204. The number of carbonyl (C=O) groups is 1. The Kier molecular flexibility index (Phi) is 2.71. The van der Waals surface area contributed by atoms with E-state index in [1.54, 1.807) is 10.9 Å². The molecule has 0 unspecified atom stereocenters. The highest BCUT2D eigenvalue weighted by Crippen LogP contribution is 1.90. The molecule has 0 spiro atoms. The highest BCUT2D eigenvalue weighted by molar-refractivity contribution is 5.86. The van der Waals surface area contributed by atoms with Crippen molar-refractivity contribution >= 4 is 5.97 Å². The van der Waals surface area contributed by atoms with E-state index in [-0.39, 0.29) is 5.56 Å². The molecule has 0 saturated carbocycles. The number of quaternary nitrogens is 1. The fourth-order valence-electron chi connectivity index (χ4n) is 0.805. The van der Waals surface area contributed by atoms with E-state index < -0.39 is 5.97 Å². The lowest BCUT2D eigenvalue weighted by atomic mass is 10.3. The third-order valence-corrected chi connectivity index (χ3v) is 1.41. The quantitative estimate of drug-likeness (QED) is 0.530. The third-order valence-electron chi connectivity index (χ3n) is 1.41. The van der Waals surface area contributed by atoms with Gasteiger partial charge < -0.3 is 10.8 Å². The predicted molar refractivity (Wildman–Crippen MR) is 39.1 cm³/mol. The molecule has 1 aromatic rings. The molecule has 0 aliphatic heterocycles. The van der Waals surface area contributed by atoms with Gasteiger partial charge in [0.2, 0.25) is 6.54 Å². The Labute approximate surface area is 69.4 Å². The number of hydrogen-bond acceptors (Lipinski definition) is 2. The number of carboxylic acid groups (broad SMARTS) is 1. The Bertz CT molecular complexity index is 270. The Morgan fingerprint density at radius 1 is 1.75 bits per heavy atom. The van der Waals surface area contributed by atoms with Crippen LogP contribution in [-0.2, 0) is 6.54 Å². The first-order chi connectivity index (χ1) is 5.74. The molecule has 1 rings (SSSR count). The molecule has 0 aliphatic rings. The van der Waals surface area contributed by atoms with Crippen LogP contribution in [0.1, 0.15) is 10.4 Å². The van der Waals surface area contributed by atoms with Crippen LogP contribution in [0, 0.1) is 0 Å². The Hall–Kier alpha value is -1.49. The van der Waals surface area contributed by atoms with Crippen LogP contribution < -0.4 is 10.4 Å². The minimum Gasteiger partial charge on any atom is -0.478 e. The topological polar surface area (TPSA) is 81.7 Å². The summed E-state index contributed by atoms with van der Waals surface area (Å²) in [7, 11) is 0. The van der Waals surface area contributed by atoms with Crippen molar-refractivity contribution in [3.8, 4) is 0 Å². The molecule has 5 nitrogen and oxygen atoms in total. The summed E-state index contributed by atoms with van der Waals surface area (Å²) in [6, 6.07) is 1.52. The molecule has 5 heteroatoms. The van der Waals surface area contributed by atoms with Crippen LogP contribution in [0.3, 0.4) is 0 Å². The zero-order chi connectivity index (χ0) is 8.97. The summed E-state index contributed by atoms with van der Waals surface area (Å²) in [5.74, 6) is -0.954. The van der Waals surface area contributed by atoms with Crippen LogP contribution in [0.15, 0.2) is 18.5 Å². The molecule has 1 aromatic heterocycles. The van der Waals surface area contributed by atoms with Gasteiger partial charge in [0.15, 0.2) is 6.20 Å². The maximum Gasteiger partial charge on any atom is 0.337 e. The van der Waals surface area contributed by atoms with Crippen molar-refractivity contribution in [3.63, 3.8) is 0 Å². The third kappa shape index (κ3) is 2.00. The zero-order valence-electron chi connectivity index (χ0n) is 6.60. The Balaban J connectivity index is 2.78. The van der Waals surface area contributed by atoms with E-state index in [0.29, 0.717) is 6.54 Å². The van der Waals surface area contributed by atoms with Gasteiger partial charge in [-0.05, 0) is 5.10 Å². The molecule has 0 aliphatic carbocycles. The average molecular weight is 169 g/mol. The lowest BCUT2D eigenvalue weighted by molar-refractivity contribution is -0.765. The summed E-state index contributed by atoms with van der Waals surface area (Å²) in [4.78, 5) is 10.4. The van der Waals surface area contributed by atoms with Gasteiger partial charge in [-0.2, -0.15) is 0 Å². The zero-order valence-corrected chi connectivity index (χ0v) is 6.60. The van der Waals surface area contributed by atoms with Crippen LogP contribution in [0.5, 0.6) is 0 Å². The molecule has 64 valence electrons. The van der Waals surface area contributed by atoms with Crippen LogP contribution in [0.4, 0.5) is 0 Å². The van der Waals surface area contributed by atoms with E-state index >= 15 is 0 Å². The molecule has 0 saturated heterocycles. The molecule has 0 fully saturated rings. The first-order valence-electron chi connectivity index (χ1n) is 3.62. The first-order valence-corrected chi connectivity index (χ1v) is 3.62. The van der Waals surface area contributed by atoms with Crippen molar-refractivity contribution in [2.24, 2.45) is 0 Å². The predicted octanol–water partition coefficient (Wildman–Crippen LogP) is -1.69. The standard InChI is InChI=1S/C7H9N3O2/c8-2-4-10-3-1-6(5-9-10)7(11)12/h1,3,5H,2,4,8H2/p+2. The lowest BCUT2D eigenvalue weighted by Crippen LogP contribution is -2.57. The van der Waals surface area contributed by atoms with Crippen molar-refractivity contribution in [2.75, 3.05) is 6.54 Å². The van der Waals surface area contributed by atoms with E-state index in [9.17, 15) is 4.79 Å². The summed E-state index contributed by atoms with van der Waals surface area (Å²) in [6.45, 7) is 1.45. The summed E-state index contributed by atoms with van der Waals surface area (Å²) >= 11 is 0. The van der Waals surface area contributed by atoms with Gasteiger partial charge in [-0.3, -0.25) is 0 Å². The van der Waals surface area contributed by atoms with Crippen LogP contribution >= 0.6 is 0 Å². The molecule has 0 atom stereocenters. The number of rotatable bonds is 3. The van der Waals surface area contributed by atoms with Gasteiger partial charge in [-0.25, -0.2) is 4.79 Å². The highest BCUT2D eigenvalue weighted by Gasteiger charge is 2.06. The maximum atomic E-state index is 10.4. The lowest BCUT2D eigenvalue weighted by Gasteiger charge is -1.90. The summed E-state index contributed by atoms with van der Waals surface area (Å²) in [6.07, 6.45) is 2.96. The molecule has 4 N–H and O–H groups in total. The largest absolute Gasteiger partial charge is 0.478 e. The van der Waals surface area contributed by atoms with E-state index in [1.807, 2.05) is 0 Å². The van der Waals surface area contributed by atoms with Crippen LogP contribution in [0.2, 0.25) is 0 Å². The van der Waals surface area contributed by atoms with Crippen LogP contribution in [-0.4, -0.2) is 22.7 Å². The highest BCUT2D eigenvalue weighted by atomic mass is 16.4. The molecule has 1 heterocycles. The average Bonchev–Trinajstić information content (AvgIpc) is 2.06. The van der Waals surface area contributed by atoms with Crippen LogP contribution in [0.25, 0.3) is 0 Å². The molecule has 0 radical (unpaired) electrons. The van der Waals surface area contributed by atoms with Gasteiger partial charge >= 0.3 is 5.97 Å². The smallest absolute Gasteiger partial charge is 0.337 e. The fourth-order valence-corrected chi connectivity index (χ4v) is 0.805.